The highest BCUT2D eigenvalue weighted by molar-refractivity contribution is 5.86. The Bertz CT molecular complexity index is 394. The van der Waals surface area contributed by atoms with Gasteiger partial charge in [-0.1, -0.05) is 37.5 Å². The molecule has 3 rings (SSSR count). The third-order valence-corrected chi connectivity index (χ3v) is 3.97. The number of benzene rings is 1. The van der Waals surface area contributed by atoms with Crippen LogP contribution in [0.4, 0.5) is 0 Å². The van der Waals surface area contributed by atoms with Gasteiger partial charge in [0.05, 0.1) is 0 Å². The highest BCUT2D eigenvalue weighted by Gasteiger charge is 2.33. The number of para-hydroxylation sites is 1. The molecule has 0 saturated heterocycles. The van der Waals surface area contributed by atoms with Gasteiger partial charge < -0.3 is 4.74 Å². The molecule has 0 bridgehead atoms. The second-order valence-corrected chi connectivity index (χ2v) is 5.16. The van der Waals surface area contributed by atoms with Gasteiger partial charge in [0.1, 0.15) is 5.75 Å². The van der Waals surface area contributed by atoms with Crippen LogP contribution in [-0.2, 0) is 11.2 Å². The Kier molecular flexibility index (Phi) is 2.87. The van der Waals surface area contributed by atoms with E-state index in [-0.39, 0.29) is 12.0 Å². The minimum Gasteiger partial charge on any atom is -0.482 e. The first-order valence-electron chi connectivity index (χ1n) is 6.63. The number of carbonyl (C=O) groups excluding carboxylic acids is 1. The molecular formula is C15H18O2. The van der Waals surface area contributed by atoms with E-state index in [1.54, 1.807) is 0 Å². The SMILES string of the molecule is O=C(C1CCCCC1)C1Cc2ccccc2O1. The lowest BCUT2D eigenvalue weighted by Gasteiger charge is -2.22. The highest BCUT2D eigenvalue weighted by Crippen LogP contribution is 2.32. The van der Waals surface area contributed by atoms with E-state index in [9.17, 15) is 4.79 Å². The van der Waals surface area contributed by atoms with Gasteiger partial charge in [-0.15, -0.1) is 0 Å². The maximum atomic E-state index is 12.3. The zero-order valence-corrected chi connectivity index (χ0v) is 10.0. The van der Waals surface area contributed by atoms with E-state index in [0.29, 0.717) is 5.78 Å². The van der Waals surface area contributed by atoms with Crippen molar-refractivity contribution in [3.05, 3.63) is 29.8 Å². The van der Waals surface area contributed by atoms with Gasteiger partial charge in [-0.2, -0.15) is 0 Å². The van der Waals surface area contributed by atoms with Crippen LogP contribution in [0, 0.1) is 5.92 Å². The standard InChI is InChI=1S/C15H18O2/c16-15(11-6-2-1-3-7-11)14-10-12-8-4-5-9-13(12)17-14/h4-5,8-9,11,14H,1-3,6-7,10H2. The van der Waals surface area contributed by atoms with Crippen LogP contribution in [0.3, 0.4) is 0 Å². The quantitative estimate of drug-likeness (QED) is 0.780. The minimum atomic E-state index is -0.213. The van der Waals surface area contributed by atoms with Gasteiger partial charge in [0.2, 0.25) is 0 Å². The molecule has 1 atom stereocenters. The number of ether oxygens (including phenoxy) is 1. The number of fused-ring (bicyclic) bond motifs is 1. The lowest BCUT2D eigenvalue weighted by Crippen LogP contribution is -2.32. The van der Waals surface area contributed by atoms with E-state index < -0.39 is 0 Å². The summed E-state index contributed by atoms with van der Waals surface area (Å²) in [6, 6.07) is 7.99. The van der Waals surface area contributed by atoms with Gasteiger partial charge in [-0.25, -0.2) is 0 Å². The fourth-order valence-corrected chi connectivity index (χ4v) is 2.99. The van der Waals surface area contributed by atoms with Gasteiger partial charge in [-0.3, -0.25) is 4.79 Å². The van der Waals surface area contributed by atoms with Gasteiger partial charge in [-0.05, 0) is 24.5 Å². The van der Waals surface area contributed by atoms with Crippen LogP contribution < -0.4 is 4.74 Å². The molecule has 90 valence electrons. The zero-order chi connectivity index (χ0) is 11.7. The fraction of sp³-hybridized carbons (Fsp3) is 0.533. The van der Waals surface area contributed by atoms with Crippen LogP contribution >= 0.6 is 0 Å². The maximum absolute atomic E-state index is 12.3. The summed E-state index contributed by atoms with van der Waals surface area (Å²) in [6.07, 6.45) is 6.38. The number of rotatable bonds is 2. The second-order valence-electron chi connectivity index (χ2n) is 5.16. The Morgan fingerprint density at radius 1 is 1.12 bits per heavy atom. The summed E-state index contributed by atoms with van der Waals surface area (Å²) in [5.41, 5.74) is 1.18. The second kappa shape index (κ2) is 4.52. The number of carbonyl (C=O) groups is 1. The average molecular weight is 230 g/mol. The van der Waals surface area contributed by atoms with Crippen LogP contribution in [0.5, 0.6) is 5.75 Å². The Balaban J connectivity index is 1.69. The fourth-order valence-electron chi connectivity index (χ4n) is 2.99. The molecule has 1 aromatic carbocycles. The summed E-state index contributed by atoms with van der Waals surface area (Å²) >= 11 is 0. The lowest BCUT2D eigenvalue weighted by atomic mass is 9.84. The highest BCUT2D eigenvalue weighted by atomic mass is 16.5. The Morgan fingerprint density at radius 2 is 1.88 bits per heavy atom. The molecule has 2 heteroatoms. The van der Waals surface area contributed by atoms with E-state index in [0.717, 1.165) is 25.0 Å². The average Bonchev–Trinajstić information content (AvgIpc) is 2.82. The first kappa shape index (κ1) is 10.8. The molecule has 0 amide bonds. The van der Waals surface area contributed by atoms with E-state index in [2.05, 4.69) is 6.07 Å². The number of hydrogen-bond acceptors (Lipinski definition) is 2. The topological polar surface area (TPSA) is 26.3 Å². The number of hydrogen-bond donors (Lipinski definition) is 0. The molecule has 0 N–H and O–H groups in total. The molecule has 0 spiro atoms. The molecule has 17 heavy (non-hydrogen) atoms. The predicted molar refractivity (Wildman–Crippen MR) is 66.1 cm³/mol. The monoisotopic (exact) mass is 230 g/mol. The molecule has 0 aromatic heterocycles. The smallest absolute Gasteiger partial charge is 0.176 e. The molecule has 2 nitrogen and oxygen atoms in total. The molecule has 1 heterocycles. The predicted octanol–water partition coefficient (Wildman–Crippen LogP) is 3.14. The third kappa shape index (κ3) is 2.08. The van der Waals surface area contributed by atoms with E-state index in [4.69, 9.17) is 4.74 Å². The molecule has 1 fully saturated rings. The van der Waals surface area contributed by atoms with E-state index >= 15 is 0 Å². The van der Waals surface area contributed by atoms with Crippen molar-refractivity contribution >= 4 is 5.78 Å². The summed E-state index contributed by atoms with van der Waals surface area (Å²) < 4.78 is 5.77. The molecular weight excluding hydrogens is 212 g/mol. The normalized spacial score (nSPS) is 24.1. The van der Waals surface area contributed by atoms with Crippen molar-refractivity contribution in [2.45, 2.75) is 44.6 Å². The zero-order valence-electron chi connectivity index (χ0n) is 10.0. The first-order valence-corrected chi connectivity index (χ1v) is 6.63. The van der Waals surface area contributed by atoms with Crippen molar-refractivity contribution in [2.75, 3.05) is 0 Å². The van der Waals surface area contributed by atoms with E-state index in [1.807, 2.05) is 18.2 Å². The number of ketones is 1. The van der Waals surface area contributed by atoms with Gasteiger partial charge in [0.25, 0.3) is 0 Å². The van der Waals surface area contributed by atoms with Crippen molar-refractivity contribution in [3.8, 4) is 5.75 Å². The summed E-state index contributed by atoms with van der Waals surface area (Å²) in [5.74, 6) is 1.49. The summed E-state index contributed by atoms with van der Waals surface area (Å²) in [5, 5.41) is 0. The Hall–Kier alpha value is -1.31. The molecule has 2 aliphatic rings. The molecule has 1 aliphatic carbocycles. The molecule has 1 aliphatic heterocycles. The first-order chi connectivity index (χ1) is 8.34. The van der Waals surface area contributed by atoms with Crippen molar-refractivity contribution < 1.29 is 9.53 Å². The van der Waals surface area contributed by atoms with Gasteiger partial charge >= 0.3 is 0 Å². The third-order valence-electron chi connectivity index (χ3n) is 3.97. The van der Waals surface area contributed by atoms with E-state index in [1.165, 1.54) is 24.8 Å². The van der Waals surface area contributed by atoms with Crippen molar-refractivity contribution in [1.29, 1.82) is 0 Å². The summed E-state index contributed by atoms with van der Waals surface area (Å²) in [7, 11) is 0. The van der Waals surface area contributed by atoms with Crippen molar-refractivity contribution in [3.63, 3.8) is 0 Å². The van der Waals surface area contributed by atoms with Crippen molar-refractivity contribution in [1.82, 2.24) is 0 Å². The molecule has 1 unspecified atom stereocenters. The Morgan fingerprint density at radius 3 is 2.65 bits per heavy atom. The molecule has 0 radical (unpaired) electrons. The van der Waals surface area contributed by atoms with Gasteiger partial charge in [0, 0.05) is 12.3 Å². The molecule has 1 saturated carbocycles. The number of Topliss-reactive ketones (excluding diaryl/α,β-unsaturated/α-hetero) is 1. The Labute approximate surface area is 102 Å². The van der Waals surface area contributed by atoms with Crippen LogP contribution in [0.25, 0.3) is 0 Å². The van der Waals surface area contributed by atoms with Crippen molar-refractivity contribution in [2.24, 2.45) is 5.92 Å². The van der Waals surface area contributed by atoms with Crippen LogP contribution in [0.2, 0.25) is 0 Å². The van der Waals surface area contributed by atoms with Gasteiger partial charge in [0.15, 0.2) is 11.9 Å². The van der Waals surface area contributed by atoms with Crippen LogP contribution in [0.1, 0.15) is 37.7 Å². The minimum absolute atomic E-state index is 0.213. The largest absolute Gasteiger partial charge is 0.482 e. The maximum Gasteiger partial charge on any atom is 0.176 e. The van der Waals surface area contributed by atoms with Crippen LogP contribution in [0.15, 0.2) is 24.3 Å². The molecule has 1 aromatic rings. The summed E-state index contributed by atoms with van der Waals surface area (Å²) in [4.78, 5) is 12.3. The lowest BCUT2D eigenvalue weighted by molar-refractivity contribution is -0.130. The summed E-state index contributed by atoms with van der Waals surface area (Å²) in [6.45, 7) is 0. The van der Waals surface area contributed by atoms with Crippen LogP contribution in [-0.4, -0.2) is 11.9 Å².